The van der Waals surface area contributed by atoms with Gasteiger partial charge in [0.2, 0.25) is 0 Å². The van der Waals surface area contributed by atoms with Gasteiger partial charge in [-0.3, -0.25) is 4.79 Å². The molecule has 0 aliphatic carbocycles. The lowest BCUT2D eigenvalue weighted by atomic mass is 9.93. The molecule has 0 radical (unpaired) electrons. The Hall–Kier alpha value is -2.67. The minimum atomic E-state index is -0.601. The highest BCUT2D eigenvalue weighted by atomic mass is 35.5. The van der Waals surface area contributed by atoms with E-state index >= 15 is 0 Å². The van der Waals surface area contributed by atoms with Crippen LogP contribution in [0.25, 0.3) is 11.3 Å². The molecule has 0 fully saturated rings. The number of carbonyl (C=O) groups excluding carboxylic acids is 1. The number of nitrogens with one attached hydrogen (secondary N) is 1. The lowest BCUT2D eigenvalue weighted by molar-refractivity contribution is 0.102. The lowest BCUT2D eigenvalue weighted by Gasteiger charge is -2.12. The number of carbonyl (C=O) groups is 1. The van der Waals surface area contributed by atoms with Crippen molar-refractivity contribution in [1.82, 2.24) is 10.3 Å². The number of rotatable bonds is 3. The predicted molar refractivity (Wildman–Crippen MR) is 94.8 cm³/mol. The zero-order valence-corrected chi connectivity index (χ0v) is 15.4. The van der Waals surface area contributed by atoms with Gasteiger partial charge >= 0.3 is 0 Å². The average molecular weight is 378 g/mol. The summed E-state index contributed by atoms with van der Waals surface area (Å²) in [6, 6.07) is 5.85. The fourth-order valence-corrected chi connectivity index (χ4v) is 2.65. The van der Waals surface area contributed by atoms with Gasteiger partial charge in [0.05, 0.1) is 10.6 Å². The number of hydrogen-bond donors (Lipinski definition) is 1. The van der Waals surface area contributed by atoms with Crippen molar-refractivity contribution in [3.8, 4) is 11.3 Å². The quantitative estimate of drug-likeness (QED) is 0.696. The van der Waals surface area contributed by atoms with Crippen LogP contribution in [0, 0.1) is 12.7 Å². The maximum Gasteiger partial charge on any atom is 0.262 e. The number of anilines is 1. The molecule has 1 aromatic carbocycles. The predicted octanol–water partition coefficient (Wildman–Crippen LogP) is 4.98. The molecular weight excluding hydrogens is 361 g/mol. The van der Waals surface area contributed by atoms with Crippen LogP contribution in [-0.2, 0) is 5.41 Å². The molecule has 0 saturated carbocycles. The molecule has 0 aliphatic heterocycles. The molecule has 0 bridgehead atoms. The summed E-state index contributed by atoms with van der Waals surface area (Å²) in [5.41, 5.74) is -0.138. The Balaban J connectivity index is 1.96. The Bertz CT molecular complexity index is 952. The van der Waals surface area contributed by atoms with Crippen molar-refractivity contribution in [1.29, 1.82) is 0 Å². The number of nitrogens with zero attached hydrogens (tertiary/aromatic N) is 2. The molecule has 2 aromatic heterocycles. The van der Waals surface area contributed by atoms with Crippen LogP contribution in [0.2, 0.25) is 5.02 Å². The van der Waals surface area contributed by atoms with Crippen molar-refractivity contribution in [2.75, 3.05) is 5.32 Å². The first-order valence-electron chi connectivity index (χ1n) is 7.87. The van der Waals surface area contributed by atoms with E-state index in [2.05, 4.69) is 15.6 Å². The largest absolute Gasteiger partial charge is 0.360 e. The van der Waals surface area contributed by atoms with Gasteiger partial charge < -0.3 is 14.4 Å². The molecule has 0 unspecified atom stereocenters. The summed E-state index contributed by atoms with van der Waals surface area (Å²) in [5.74, 6) is -0.0576. The van der Waals surface area contributed by atoms with E-state index in [0.29, 0.717) is 5.76 Å². The van der Waals surface area contributed by atoms with Gasteiger partial charge in [0, 0.05) is 11.5 Å². The molecule has 0 saturated heterocycles. The molecule has 0 atom stereocenters. The molecule has 1 amide bonds. The smallest absolute Gasteiger partial charge is 0.262 e. The first kappa shape index (κ1) is 18.1. The summed E-state index contributed by atoms with van der Waals surface area (Å²) in [4.78, 5) is 12.7. The van der Waals surface area contributed by atoms with E-state index < -0.39 is 11.7 Å². The fourth-order valence-electron chi connectivity index (χ4n) is 2.40. The van der Waals surface area contributed by atoms with Crippen molar-refractivity contribution in [2.45, 2.75) is 33.1 Å². The van der Waals surface area contributed by atoms with E-state index in [9.17, 15) is 9.18 Å². The molecule has 136 valence electrons. The summed E-state index contributed by atoms with van der Waals surface area (Å²) in [7, 11) is 0. The molecule has 1 N–H and O–H groups in total. The molecule has 8 heteroatoms. The monoisotopic (exact) mass is 377 g/mol. The van der Waals surface area contributed by atoms with Crippen LogP contribution in [0.4, 0.5) is 10.2 Å². The highest BCUT2D eigenvalue weighted by molar-refractivity contribution is 6.33. The Kier molecular flexibility index (Phi) is 4.58. The zero-order chi connectivity index (χ0) is 19.1. The van der Waals surface area contributed by atoms with Crippen molar-refractivity contribution in [3.63, 3.8) is 0 Å². The number of hydrogen-bond acceptors (Lipinski definition) is 5. The number of benzene rings is 1. The Morgan fingerprint density at radius 3 is 2.58 bits per heavy atom. The second kappa shape index (κ2) is 6.57. The summed E-state index contributed by atoms with van der Waals surface area (Å²) in [6.45, 7) is 7.44. The molecule has 3 aromatic rings. The van der Waals surface area contributed by atoms with Crippen LogP contribution >= 0.6 is 11.6 Å². The third-order valence-corrected chi connectivity index (χ3v) is 4.10. The maximum atomic E-state index is 14.2. The van der Waals surface area contributed by atoms with Gasteiger partial charge in [-0.15, -0.1) is 0 Å². The van der Waals surface area contributed by atoms with Crippen LogP contribution in [0.1, 0.15) is 42.6 Å². The average Bonchev–Trinajstić information content (AvgIpc) is 3.14. The Morgan fingerprint density at radius 1 is 1.23 bits per heavy atom. The van der Waals surface area contributed by atoms with E-state index in [0.717, 1.165) is 0 Å². The van der Waals surface area contributed by atoms with E-state index in [4.69, 9.17) is 20.6 Å². The topological polar surface area (TPSA) is 81.2 Å². The minimum Gasteiger partial charge on any atom is -0.360 e. The van der Waals surface area contributed by atoms with Gasteiger partial charge in [-0.2, -0.15) is 0 Å². The van der Waals surface area contributed by atoms with Crippen molar-refractivity contribution in [3.05, 3.63) is 52.2 Å². The van der Waals surface area contributed by atoms with Gasteiger partial charge in [0.25, 0.3) is 5.91 Å². The third kappa shape index (κ3) is 3.35. The van der Waals surface area contributed by atoms with Crippen molar-refractivity contribution < 1.29 is 18.2 Å². The van der Waals surface area contributed by atoms with Crippen LogP contribution in [0.15, 0.2) is 33.3 Å². The molecule has 3 rings (SSSR count). The fraction of sp³-hybridized carbons (Fsp3) is 0.278. The second-order valence-corrected chi connectivity index (χ2v) is 7.25. The molecule has 26 heavy (non-hydrogen) atoms. The first-order valence-corrected chi connectivity index (χ1v) is 8.25. The first-order chi connectivity index (χ1) is 12.2. The van der Waals surface area contributed by atoms with Gasteiger partial charge in [-0.05, 0) is 19.1 Å². The highest BCUT2D eigenvalue weighted by Crippen LogP contribution is 2.34. The maximum absolute atomic E-state index is 14.2. The van der Waals surface area contributed by atoms with Crippen molar-refractivity contribution >= 4 is 23.3 Å². The molecule has 0 aliphatic rings. The van der Waals surface area contributed by atoms with Gasteiger partial charge in [-0.1, -0.05) is 48.8 Å². The zero-order valence-electron chi connectivity index (χ0n) is 14.7. The second-order valence-electron chi connectivity index (χ2n) is 6.84. The van der Waals surface area contributed by atoms with Crippen LogP contribution in [0.3, 0.4) is 0 Å². The summed E-state index contributed by atoms with van der Waals surface area (Å²) in [5, 5.41) is 10.4. The summed E-state index contributed by atoms with van der Waals surface area (Å²) >= 11 is 6.08. The normalized spacial score (nSPS) is 11.6. The molecule has 2 heterocycles. The summed E-state index contributed by atoms with van der Waals surface area (Å²) in [6.07, 6.45) is 0. The van der Waals surface area contributed by atoms with E-state index in [1.165, 1.54) is 18.2 Å². The van der Waals surface area contributed by atoms with Gasteiger partial charge in [0.15, 0.2) is 5.82 Å². The van der Waals surface area contributed by atoms with Crippen LogP contribution in [0.5, 0.6) is 0 Å². The number of aromatic nitrogens is 2. The van der Waals surface area contributed by atoms with E-state index in [1.54, 1.807) is 13.0 Å². The van der Waals surface area contributed by atoms with E-state index in [1.807, 2.05) is 20.8 Å². The molecular formula is C18H17ClFN3O3. The Morgan fingerprint density at radius 2 is 1.96 bits per heavy atom. The number of amides is 1. The SMILES string of the molecule is Cc1onc(-c2c(F)cccc2Cl)c1C(=O)Nc1cc(C(C)(C)C)on1. The van der Waals surface area contributed by atoms with Crippen LogP contribution < -0.4 is 5.32 Å². The molecule has 6 nitrogen and oxygen atoms in total. The van der Waals surface area contributed by atoms with Gasteiger partial charge in [0.1, 0.15) is 28.6 Å². The van der Waals surface area contributed by atoms with Crippen LogP contribution in [-0.4, -0.2) is 16.2 Å². The highest BCUT2D eigenvalue weighted by Gasteiger charge is 2.27. The van der Waals surface area contributed by atoms with E-state index in [-0.39, 0.29) is 38.8 Å². The van der Waals surface area contributed by atoms with Crippen molar-refractivity contribution in [2.24, 2.45) is 0 Å². The summed E-state index contributed by atoms with van der Waals surface area (Å²) < 4.78 is 24.6. The third-order valence-electron chi connectivity index (χ3n) is 3.78. The lowest BCUT2D eigenvalue weighted by Crippen LogP contribution is -2.14. The number of aryl methyl sites for hydroxylation is 1. The standard InChI is InChI=1S/C18H17ClFN3O3/c1-9-14(16(23-25-9)15-10(19)6-5-7-11(15)20)17(24)21-13-8-12(26-22-13)18(2,3)4/h5-8H,1-4H3,(H,21,22,24). The number of halogens is 2. The minimum absolute atomic E-state index is 0.00620. The van der Waals surface area contributed by atoms with Gasteiger partial charge in [-0.25, -0.2) is 4.39 Å². The molecule has 0 spiro atoms. The Labute approximate surface area is 154 Å².